The SMILES string of the molecule is CC[C@@H](C(=O)NC(C)(C)C)N(Cc1cccc(C)c1)C(=O)CN(c1ccc2c(c1)OCCO2)S(=O)(=O)CC. The van der Waals surface area contributed by atoms with E-state index in [1.807, 2.05) is 58.9 Å². The van der Waals surface area contributed by atoms with Crippen molar-refractivity contribution in [1.82, 2.24) is 10.2 Å². The number of carbonyl (C=O) groups is 2. The van der Waals surface area contributed by atoms with Crippen LogP contribution >= 0.6 is 0 Å². The van der Waals surface area contributed by atoms with Crippen LogP contribution in [0.3, 0.4) is 0 Å². The number of nitrogens with one attached hydrogen (secondary N) is 1. The van der Waals surface area contributed by atoms with Gasteiger partial charge in [0.2, 0.25) is 21.8 Å². The van der Waals surface area contributed by atoms with Gasteiger partial charge in [-0.2, -0.15) is 0 Å². The summed E-state index contributed by atoms with van der Waals surface area (Å²) in [4.78, 5) is 28.7. The first kappa shape index (κ1) is 29.3. The predicted octanol–water partition coefficient (Wildman–Crippen LogP) is 3.64. The zero-order valence-electron chi connectivity index (χ0n) is 23.1. The van der Waals surface area contributed by atoms with Crippen molar-refractivity contribution < 1.29 is 27.5 Å². The molecule has 1 aliphatic heterocycles. The summed E-state index contributed by atoms with van der Waals surface area (Å²) in [6, 6.07) is 11.7. The van der Waals surface area contributed by atoms with Gasteiger partial charge in [0, 0.05) is 18.2 Å². The van der Waals surface area contributed by atoms with Crippen molar-refractivity contribution in [2.75, 3.05) is 29.8 Å². The van der Waals surface area contributed by atoms with Gasteiger partial charge in [0.25, 0.3) is 0 Å². The highest BCUT2D eigenvalue weighted by atomic mass is 32.2. The van der Waals surface area contributed by atoms with E-state index in [2.05, 4.69) is 5.32 Å². The van der Waals surface area contributed by atoms with Gasteiger partial charge in [-0.05, 0) is 58.7 Å². The molecule has 2 aromatic carbocycles. The van der Waals surface area contributed by atoms with E-state index >= 15 is 0 Å². The molecule has 38 heavy (non-hydrogen) atoms. The molecule has 208 valence electrons. The first-order valence-electron chi connectivity index (χ1n) is 12.9. The van der Waals surface area contributed by atoms with E-state index in [1.54, 1.807) is 18.2 Å². The molecule has 0 unspecified atom stereocenters. The summed E-state index contributed by atoms with van der Waals surface area (Å²) in [6.07, 6.45) is 0.365. The Morgan fingerprint density at radius 1 is 1.03 bits per heavy atom. The monoisotopic (exact) mass is 545 g/mol. The fourth-order valence-corrected chi connectivity index (χ4v) is 5.34. The van der Waals surface area contributed by atoms with Crippen LogP contribution in [0.25, 0.3) is 0 Å². The van der Waals surface area contributed by atoms with Gasteiger partial charge in [-0.25, -0.2) is 8.42 Å². The van der Waals surface area contributed by atoms with Gasteiger partial charge >= 0.3 is 0 Å². The fourth-order valence-electron chi connectivity index (χ4n) is 4.29. The minimum atomic E-state index is -3.84. The molecule has 0 aliphatic carbocycles. The van der Waals surface area contributed by atoms with E-state index in [4.69, 9.17) is 9.47 Å². The van der Waals surface area contributed by atoms with Gasteiger partial charge in [-0.15, -0.1) is 0 Å². The molecule has 0 saturated carbocycles. The summed E-state index contributed by atoms with van der Waals surface area (Å²) in [7, 11) is -3.84. The van der Waals surface area contributed by atoms with Crippen LogP contribution in [-0.4, -0.2) is 62.2 Å². The Morgan fingerprint density at radius 3 is 2.32 bits per heavy atom. The number of aryl methyl sites for hydroxylation is 1. The summed E-state index contributed by atoms with van der Waals surface area (Å²) >= 11 is 0. The number of amides is 2. The lowest BCUT2D eigenvalue weighted by molar-refractivity contribution is -0.141. The average Bonchev–Trinajstić information content (AvgIpc) is 2.85. The number of hydrogen-bond donors (Lipinski definition) is 1. The average molecular weight is 546 g/mol. The normalized spacial score (nSPS) is 13.9. The lowest BCUT2D eigenvalue weighted by Gasteiger charge is -2.35. The number of carbonyl (C=O) groups excluding carboxylic acids is 2. The van der Waals surface area contributed by atoms with Crippen LogP contribution in [0, 0.1) is 6.92 Å². The second kappa shape index (κ2) is 12.1. The van der Waals surface area contributed by atoms with Crippen LogP contribution in [0.5, 0.6) is 11.5 Å². The molecule has 0 bridgehead atoms. The van der Waals surface area contributed by atoms with Crippen LogP contribution in [0.2, 0.25) is 0 Å². The smallest absolute Gasteiger partial charge is 0.244 e. The second-order valence-electron chi connectivity index (χ2n) is 10.4. The largest absolute Gasteiger partial charge is 0.486 e. The zero-order valence-corrected chi connectivity index (χ0v) is 23.9. The molecule has 2 amide bonds. The van der Waals surface area contributed by atoms with Crippen LogP contribution in [0.1, 0.15) is 52.2 Å². The number of sulfonamides is 1. The number of anilines is 1. The maximum absolute atomic E-state index is 13.9. The Kier molecular flexibility index (Phi) is 9.30. The van der Waals surface area contributed by atoms with Gasteiger partial charge in [-0.1, -0.05) is 36.8 Å². The highest BCUT2D eigenvalue weighted by molar-refractivity contribution is 7.92. The van der Waals surface area contributed by atoms with E-state index in [-0.39, 0.29) is 18.2 Å². The Hall–Kier alpha value is -3.27. The van der Waals surface area contributed by atoms with Crippen LogP contribution in [-0.2, 0) is 26.2 Å². The summed E-state index contributed by atoms with van der Waals surface area (Å²) in [5, 5.41) is 2.97. The molecule has 10 heteroatoms. The van der Waals surface area contributed by atoms with E-state index < -0.39 is 34.1 Å². The van der Waals surface area contributed by atoms with Crippen molar-refractivity contribution in [1.29, 1.82) is 0 Å². The highest BCUT2D eigenvalue weighted by Gasteiger charge is 2.34. The van der Waals surface area contributed by atoms with Crippen molar-refractivity contribution >= 4 is 27.5 Å². The topological polar surface area (TPSA) is 105 Å². The zero-order chi connectivity index (χ0) is 28.1. The molecular formula is C28H39N3O6S. The fraction of sp³-hybridized carbons (Fsp3) is 0.500. The predicted molar refractivity (Wildman–Crippen MR) is 148 cm³/mol. The third-order valence-electron chi connectivity index (χ3n) is 6.11. The maximum Gasteiger partial charge on any atom is 0.244 e. The molecule has 2 aromatic rings. The molecule has 3 rings (SSSR count). The van der Waals surface area contributed by atoms with E-state index in [9.17, 15) is 18.0 Å². The maximum atomic E-state index is 13.9. The minimum absolute atomic E-state index is 0.164. The number of hydrogen-bond acceptors (Lipinski definition) is 6. The molecule has 0 fully saturated rings. The van der Waals surface area contributed by atoms with Crippen LogP contribution in [0.4, 0.5) is 5.69 Å². The number of benzene rings is 2. The Morgan fingerprint density at radius 2 is 1.71 bits per heavy atom. The van der Waals surface area contributed by atoms with Gasteiger partial charge in [-0.3, -0.25) is 13.9 Å². The number of rotatable bonds is 10. The molecule has 0 saturated heterocycles. The lowest BCUT2D eigenvalue weighted by atomic mass is 10.0. The highest BCUT2D eigenvalue weighted by Crippen LogP contribution is 2.35. The quantitative estimate of drug-likeness (QED) is 0.489. The molecule has 1 heterocycles. The Labute approximate surface area is 226 Å². The first-order chi connectivity index (χ1) is 17.8. The minimum Gasteiger partial charge on any atom is -0.486 e. The molecule has 1 atom stereocenters. The number of fused-ring (bicyclic) bond motifs is 1. The third kappa shape index (κ3) is 7.40. The van der Waals surface area contributed by atoms with Gasteiger partial charge in [0.1, 0.15) is 25.8 Å². The van der Waals surface area contributed by atoms with Crippen LogP contribution in [0.15, 0.2) is 42.5 Å². The Bertz CT molecular complexity index is 1260. The van der Waals surface area contributed by atoms with E-state index in [1.165, 1.54) is 11.8 Å². The molecule has 0 spiro atoms. The second-order valence-corrected chi connectivity index (χ2v) is 12.6. The summed E-state index contributed by atoms with van der Waals surface area (Å²) < 4.78 is 38.7. The van der Waals surface area contributed by atoms with E-state index in [0.717, 1.165) is 15.4 Å². The van der Waals surface area contributed by atoms with Gasteiger partial charge in [0.05, 0.1) is 11.4 Å². The van der Waals surface area contributed by atoms with Crippen molar-refractivity contribution in [3.05, 3.63) is 53.6 Å². The molecule has 1 aliphatic rings. The standard InChI is InChI=1S/C28H39N3O6S/c1-7-23(27(33)29-28(4,5)6)30(18-21-11-9-10-20(3)16-21)26(32)19-31(38(34,35)8-2)22-12-13-24-25(17-22)37-15-14-36-24/h9-13,16-17,23H,7-8,14-15,18-19H2,1-6H3,(H,29,33)/t23-/m0/s1. The molecule has 1 N–H and O–H groups in total. The molecule has 9 nitrogen and oxygen atoms in total. The summed E-state index contributed by atoms with van der Waals surface area (Å²) in [6.45, 7) is 11.4. The third-order valence-corrected chi connectivity index (χ3v) is 7.85. The van der Waals surface area contributed by atoms with Gasteiger partial charge in [0.15, 0.2) is 11.5 Å². The Balaban J connectivity index is 2.00. The number of nitrogens with zero attached hydrogens (tertiary/aromatic N) is 2. The number of ether oxygens (including phenoxy) is 2. The van der Waals surface area contributed by atoms with Crippen molar-refractivity contribution in [3.63, 3.8) is 0 Å². The lowest BCUT2D eigenvalue weighted by Crippen LogP contribution is -2.55. The molecule has 0 radical (unpaired) electrons. The molecule has 0 aromatic heterocycles. The van der Waals surface area contributed by atoms with E-state index in [0.29, 0.717) is 36.8 Å². The summed E-state index contributed by atoms with van der Waals surface area (Å²) in [5.74, 6) is -0.0234. The first-order valence-corrected chi connectivity index (χ1v) is 14.5. The van der Waals surface area contributed by atoms with Gasteiger partial charge < -0.3 is 19.7 Å². The van der Waals surface area contributed by atoms with Crippen molar-refractivity contribution in [3.8, 4) is 11.5 Å². The van der Waals surface area contributed by atoms with Crippen molar-refractivity contribution in [2.45, 2.75) is 66.1 Å². The molecular weight excluding hydrogens is 506 g/mol. The van der Waals surface area contributed by atoms with Crippen LogP contribution < -0.4 is 19.1 Å². The summed E-state index contributed by atoms with van der Waals surface area (Å²) in [5.41, 5.74) is 1.68. The van der Waals surface area contributed by atoms with Crippen molar-refractivity contribution in [2.24, 2.45) is 0 Å².